The van der Waals surface area contributed by atoms with E-state index in [-0.39, 0.29) is 12.4 Å². The van der Waals surface area contributed by atoms with E-state index in [4.69, 9.17) is 9.47 Å². The van der Waals surface area contributed by atoms with Crippen LogP contribution in [0.3, 0.4) is 0 Å². The van der Waals surface area contributed by atoms with Gasteiger partial charge >= 0.3 is 0 Å². The topological polar surface area (TPSA) is 35.5 Å². The first-order chi connectivity index (χ1) is 12.1. The quantitative estimate of drug-likeness (QED) is 0.636. The number of rotatable bonds is 6. The molecular weight excluding hydrogens is 312 g/mol. The molecule has 3 aromatic carbocycles. The molecule has 0 unspecified atom stereocenters. The van der Waals surface area contributed by atoms with Crippen molar-refractivity contribution in [3.8, 4) is 11.5 Å². The van der Waals surface area contributed by atoms with Crippen molar-refractivity contribution in [2.45, 2.75) is 27.4 Å². The number of Topliss-reactive ketones (excluding diaryl/α,β-unsaturated/α-hetero) is 1. The van der Waals surface area contributed by atoms with E-state index in [0.717, 1.165) is 39.0 Å². The maximum atomic E-state index is 11.3. The Hall–Kier alpha value is -2.81. The molecule has 0 amide bonds. The van der Waals surface area contributed by atoms with Crippen molar-refractivity contribution in [1.82, 2.24) is 0 Å². The van der Waals surface area contributed by atoms with Gasteiger partial charge in [-0.3, -0.25) is 4.79 Å². The lowest BCUT2D eigenvalue weighted by atomic mass is 10.0. The van der Waals surface area contributed by atoms with Gasteiger partial charge < -0.3 is 9.47 Å². The van der Waals surface area contributed by atoms with Gasteiger partial charge in [-0.2, -0.15) is 0 Å². The molecule has 3 heteroatoms. The predicted octanol–water partition coefficient (Wildman–Crippen LogP) is 5.00. The largest absolute Gasteiger partial charge is 0.488 e. The minimum absolute atomic E-state index is 0.00427. The van der Waals surface area contributed by atoms with Crippen LogP contribution in [0.5, 0.6) is 11.5 Å². The van der Waals surface area contributed by atoms with Gasteiger partial charge in [-0.25, -0.2) is 0 Å². The Labute approximate surface area is 148 Å². The molecule has 0 radical (unpaired) electrons. The molecule has 0 spiro atoms. The van der Waals surface area contributed by atoms with Crippen molar-refractivity contribution < 1.29 is 14.3 Å². The Morgan fingerprint density at radius 3 is 2.40 bits per heavy atom. The summed E-state index contributed by atoms with van der Waals surface area (Å²) in [4.78, 5) is 11.3. The first-order valence-electron chi connectivity index (χ1n) is 8.38. The number of ketones is 1. The molecule has 0 aliphatic heterocycles. The standard InChI is InChI=1S/C22H22O3/c1-15-8-7-11-19-21(15)20(24-14-18-9-5-4-6-10-18)12-16(2)22(19)25-13-17(3)23/h4-12H,13-14H2,1-3H3. The zero-order valence-electron chi connectivity index (χ0n) is 14.8. The second kappa shape index (κ2) is 7.39. The van der Waals surface area contributed by atoms with Crippen LogP contribution in [0.2, 0.25) is 0 Å². The number of carbonyl (C=O) groups excluding carboxylic acids is 1. The summed E-state index contributed by atoms with van der Waals surface area (Å²) in [5, 5.41) is 2.01. The Balaban J connectivity index is 2.01. The minimum Gasteiger partial charge on any atom is -0.488 e. The summed E-state index contributed by atoms with van der Waals surface area (Å²) in [7, 11) is 0. The highest BCUT2D eigenvalue weighted by molar-refractivity contribution is 5.97. The molecule has 3 nitrogen and oxygen atoms in total. The van der Waals surface area contributed by atoms with Crippen LogP contribution in [0, 0.1) is 13.8 Å². The normalized spacial score (nSPS) is 10.7. The fourth-order valence-electron chi connectivity index (χ4n) is 2.95. The van der Waals surface area contributed by atoms with E-state index in [2.05, 4.69) is 13.0 Å². The van der Waals surface area contributed by atoms with Crippen molar-refractivity contribution in [3.63, 3.8) is 0 Å². The average Bonchev–Trinajstić information content (AvgIpc) is 2.59. The molecule has 3 aromatic rings. The van der Waals surface area contributed by atoms with E-state index in [9.17, 15) is 4.79 Å². The van der Waals surface area contributed by atoms with Crippen LogP contribution in [0.25, 0.3) is 10.8 Å². The summed E-state index contributed by atoms with van der Waals surface area (Å²) in [5.74, 6) is 1.59. The fourth-order valence-corrected chi connectivity index (χ4v) is 2.95. The van der Waals surface area contributed by atoms with E-state index < -0.39 is 0 Å². The summed E-state index contributed by atoms with van der Waals surface area (Å²) < 4.78 is 11.9. The number of benzene rings is 3. The van der Waals surface area contributed by atoms with Crippen LogP contribution < -0.4 is 9.47 Å². The van der Waals surface area contributed by atoms with Crippen molar-refractivity contribution in [2.24, 2.45) is 0 Å². The lowest BCUT2D eigenvalue weighted by Gasteiger charge is -2.17. The first kappa shape index (κ1) is 17.0. The summed E-state index contributed by atoms with van der Waals surface area (Å²) >= 11 is 0. The van der Waals surface area contributed by atoms with Crippen LogP contribution in [-0.4, -0.2) is 12.4 Å². The van der Waals surface area contributed by atoms with E-state index >= 15 is 0 Å². The second-order valence-corrected chi connectivity index (χ2v) is 6.28. The zero-order valence-corrected chi connectivity index (χ0v) is 14.8. The molecule has 3 rings (SSSR count). The third kappa shape index (κ3) is 3.82. The van der Waals surface area contributed by atoms with Crippen LogP contribution >= 0.6 is 0 Å². The van der Waals surface area contributed by atoms with Gasteiger partial charge in [0.1, 0.15) is 24.7 Å². The maximum absolute atomic E-state index is 11.3. The predicted molar refractivity (Wildman–Crippen MR) is 100 cm³/mol. The zero-order chi connectivity index (χ0) is 17.8. The lowest BCUT2D eigenvalue weighted by molar-refractivity contribution is -0.118. The van der Waals surface area contributed by atoms with Crippen LogP contribution in [-0.2, 0) is 11.4 Å². The molecule has 0 aliphatic rings. The third-order valence-electron chi connectivity index (χ3n) is 4.13. The number of hydrogen-bond donors (Lipinski definition) is 0. The van der Waals surface area contributed by atoms with Crippen LogP contribution in [0.4, 0.5) is 0 Å². The molecule has 0 N–H and O–H groups in total. The van der Waals surface area contributed by atoms with E-state index in [1.165, 1.54) is 6.92 Å². The highest BCUT2D eigenvalue weighted by Crippen LogP contribution is 2.38. The number of ether oxygens (including phenoxy) is 2. The molecule has 128 valence electrons. The molecular formula is C22H22O3. The summed E-state index contributed by atoms with van der Waals surface area (Å²) in [6, 6.07) is 18.2. The third-order valence-corrected chi connectivity index (χ3v) is 4.13. The summed E-state index contributed by atoms with van der Waals surface area (Å²) in [6.45, 7) is 6.15. The molecule has 25 heavy (non-hydrogen) atoms. The van der Waals surface area contributed by atoms with Crippen molar-refractivity contribution in [1.29, 1.82) is 0 Å². The highest BCUT2D eigenvalue weighted by Gasteiger charge is 2.14. The van der Waals surface area contributed by atoms with E-state index in [1.54, 1.807) is 0 Å². The lowest BCUT2D eigenvalue weighted by Crippen LogP contribution is -2.08. The van der Waals surface area contributed by atoms with Gasteiger partial charge in [0, 0.05) is 10.8 Å². The van der Waals surface area contributed by atoms with Crippen molar-refractivity contribution in [2.75, 3.05) is 6.61 Å². The molecule has 0 aromatic heterocycles. The van der Waals surface area contributed by atoms with E-state index in [0.29, 0.717) is 6.61 Å². The molecule has 0 heterocycles. The SMILES string of the molecule is CC(=O)COc1c(C)cc(OCc2ccccc2)c2c(C)cccc12. The Bertz CT molecular complexity index is 898. The number of fused-ring (bicyclic) bond motifs is 1. The summed E-state index contributed by atoms with van der Waals surface area (Å²) in [5.41, 5.74) is 3.20. The smallest absolute Gasteiger partial charge is 0.167 e. The number of hydrogen-bond acceptors (Lipinski definition) is 3. The Kier molecular flexibility index (Phi) is 5.03. The van der Waals surface area contributed by atoms with Gasteiger partial charge in [0.05, 0.1) is 0 Å². The van der Waals surface area contributed by atoms with E-state index in [1.807, 2.05) is 55.5 Å². The molecule has 0 fully saturated rings. The average molecular weight is 334 g/mol. The molecule has 0 saturated carbocycles. The Morgan fingerprint density at radius 2 is 1.68 bits per heavy atom. The van der Waals surface area contributed by atoms with Crippen molar-refractivity contribution in [3.05, 3.63) is 71.3 Å². The monoisotopic (exact) mass is 334 g/mol. The van der Waals surface area contributed by atoms with Gasteiger partial charge in [0.2, 0.25) is 0 Å². The molecule has 0 bridgehead atoms. The second-order valence-electron chi connectivity index (χ2n) is 6.28. The fraction of sp³-hybridized carbons (Fsp3) is 0.227. The van der Waals surface area contributed by atoms with Gasteiger partial charge in [-0.15, -0.1) is 0 Å². The highest BCUT2D eigenvalue weighted by atomic mass is 16.5. The molecule has 0 atom stereocenters. The summed E-state index contributed by atoms with van der Waals surface area (Å²) in [6.07, 6.45) is 0. The molecule has 0 aliphatic carbocycles. The number of aryl methyl sites for hydroxylation is 2. The first-order valence-corrected chi connectivity index (χ1v) is 8.38. The van der Waals surface area contributed by atoms with Gasteiger partial charge in [-0.05, 0) is 43.5 Å². The van der Waals surface area contributed by atoms with Crippen molar-refractivity contribution >= 4 is 16.6 Å². The van der Waals surface area contributed by atoms with Gasteiger partial charge in [0.25, 0.3) is 0 Å². The molecule has 0 saturated heterocycles. The maximum Gasteiger partial charge on any atom is 0.167 e. The minimum atomic E-state index is 0.00427. The number of carbonyl (C=O) groups is 1. The van der Waals surface area contributed by atoms with Gasteiger partial charge in [0.15, 0.2) is 5.78 Å². The van der Waals surface area contributed by atoms with Crippen LogP contribution in [0.1, 0.15) is 23.6 Å². The van der Waals surface area contributed by atoms with Gasteiger partial charge in [-0.1, -0.05) is 48.5 Å². The Morgan fingerprint density at radius 1 is 0.920 bits per heavy atom. The van der Waals surface area contributed by atoms with Crippen LogP contribution in [0.15, 0.2) is 54.6 Å².